The molecule has 0 aromatic heterocycles. The van der Waals surface area contributed by atoms with Gasteiger partial charge in [0.15, 0.2) is 5.11 Å². The highest BCUT2D eigenvalue weighted by molar-refractivity contribution is 7.80. The predicted molar refractivity (Wildman–Crippen MR) is 95.4 cm³/mol. The van der Waals surface area contributed by atoms with E-state index >= 15 is 0 Å². The van der Waals surface area contributed by atoms with Crippen molar-refractivity contribution in [3.8, 4) is 0 Å². The third kappa shape index (κ3) is 2.82. The molecule has 3 nitrogen and oxygen atoms in total. The standard InChI is InChI=1S/C16H13Cl2N3S/c17-11-7-4-8-12(18)15(11)14-9-13(20-21(14)16(19)22)10-5-2-1-3-6-10/h1-8,14H,9H2,(H2,19,22). The van der Waals surface area contributed by atoms with E-state index in [1.165, 1.54) is 0 Å². The Morgan fingerprint density at radius 1 is 1.09 bits per heavy atom. The maximum Gasteiger partial charge on any atom is 0.187 e. The summed E-state index contributed by atoms with van der Waals surface area (Å²) in [6.45, 7) is 0. The van der Waals surface area contributed by atoms with Gasteiger partial charge < -0.3 is 5.73 Å². The van der Waals surface area contributed by atoms with Crippen LogP contribution in [-0.2, 0) is 0 Å². The van der Waals surface area contributed by atoms with Crippen molar-refractivity contribution in [3.63, 3.8) is 0 Å². The van der Waals surface area contributed by atoms with Crippen LogP contribution >= 0.6 is 35.4 Å². The summed E-state index contributed by atoms with van der Waals surface area (Å²) in [7, 11) is 0. The SMILES string of the molecule is NC(=S)N1N=C(c2ccccc2)CC1c1c(Cl)cccc1Cl. The molecule has 0 saturated heterocycles. The highest BCUT2D eigenvalue weighted by Crippen LogP contribution is 2.39. The fourth-order valence-electron chi connectivity index (χ4n) is 2.57. The lowest BCUT2D eigenvalue weighted by Gasteiger charge is -2.23. The minimum atomic E-state index is -0.186. The summed E-state index contributed by atoms with van der Waals surface area (Å²) in [5.41, 5.74) is 8.58. The van der Waals surface area contributed by atoms with Crippen LogP contribution in [0.4, 0.5) is 0 Å². The van der Waals surface area contributed by atoms with Crippen LogP contribution in [0.1, 0.15) is 23.6 Å². The summed E-state index contributed by atoms with van der Waals surface area (Å²) in [5.74, 6) is 0. The van der Waals surface area contributed by atoms with E-state index < -0.39 is 0 Å². The largest absolute Gasteiger partial charge is 0.375 e. The minimum Gasteiger partial charge on any atom is -0.375 e. The average Bonchev–Trinajstić information content (AvgIpc) is 2.93. The third-order valence-corrected chi connectivity index (χ3v) is 4.42. The Morgan fingerprint density at radius 2 is 1.73 bits per heavy atom. The normalized spacial score (nSPS) is 17.5. The molecule has 6 heteroatoms. The number of rotatable bonds is 2. The van der Waals surface area contributed by atoms with Crippen LogP contribution in [0, 0.1) is 0 Å². The molecule has 0 fully saturated rings. The highest BCUT2D eigenvalue weighted by Gasteiger charge is 2.33. The Labute approximate surface area is 144 Å². The Balaban J connectivity index is 2.02. The first-order valence-electron chi connectivity index (χ1n) is 6.73. The number of hydrogen-bond acceptors (Lipinski definition) is 2. The highest BCUT2D eigenvalue weighted by atomic mass is 35.5. The average molecular weight is 350 g/mol. The first-order chi connectivity index (χ1) is 10.6. The van der Waals surface area contributed by atoms with Crippen LogP contribution in [0.15, 0.2) is 53.6 Å². The van der Waals surface area contributed by atoms with Crippen LogP contribution in [0.25, 0.3) is 0 Å². The Bertz CT molecular complexity index is 726. The van der Waals surface area contributed by atoms with Gasteiger partial charge in [0.1, 0.15) is 0 Å². The van der Waals surface area contributed by atoms with Gasteiger partial charge in [0.25, 0.3) is 0 Å². The van der Waals surface area contributed by atoms with E-state index in [1.54, 1.807) is 17.1 Å². The molecule has 22 heavy (non-hydrogen) atoms. The fourth-order valence-corrected chi connectivity index (χ4v) is 3.39. The number of nitrogens with zero attached hydrogens (tertiary/aromatic N) is 2. The lowest BCUT2D eigenvalue weighted by Crippen LogP contribution is -2.32. The van der Waals surface area contributed by atoms with Gasteiger partial charge in [-0.05, 0) is 29.9 Å². The van der Waals surface area contributed by atoms with E-state index in [-0.39, 0.29) is 11.2 Å². The number of halogens is 2. The van der Waals surface area contributed by atoms with Crippen molar-refractivity contribution >= 4 is 46.2 Å². The maximum atomic E-state index is 6.33. The summed E-state index contributed by atoms with van der Waals surface area (Å²) in [6.07, 6.45) is 0.644. The Hall–Kier alpha value is -1.62. The number of nitrogens with two attached hydrogens (primary N) is 1. The predicted octanol–water partition coefficient (Wildman–Crippen LogP) is 4.39. The third-order valence-electron chi connectivity index (χ3n) is 3.58. The monoisotopic (exact) mass is 349 g/mol. The zero-order valence-corrected chi connectivity index (χ0v) is 13.9. The van der Waals surface area contributed by atoms with Gasteiger partial charge in [-0.25, -0.2) is 5.01 Å². The number of hydrogen-bond donors (Lipinski definition) is 1. The molecule has 0 amide bonds. The van der Waals surface area contributed by atoms with Crippen LogP contribution in [0.2, 0.25) is 10.0 Å². The Kier molecular flexibility index (Phi) is 4.34. The zero-order valence-electron chi connectivity index (χ0n) is 11.5. The van der Waals surface area contributed by atoms with Crippen molar-refractivity contribution in [1.82, 2.24) is 5.01 Å². The van der Waals surface area contributed by atoms with Gasteiger partial charge in [-0.3, -0.25) is 0 Å². The molecule has 1 atom stereocenters. The number of benzene rings is 2. The smallest absolute Gasteiger partial charge is 0.187 e. The van der Waals surface area contributed by atoms with Gasteiger partial charge in [0.05, 0.1) is 11.8 Å². The second kappa shape index (κ2) is 6.24. The molecule has 0 saturated carbocycles. The number of hydrazone groups is 1. The lowest BCUT2D eigenvalue weighted by atomic mass is 9.98. The molecule has 0 spiro atoms. The molecular weight excluding hydrogens is 337 g/mol. The fraction of sp³-hybridized carbons (Fsp3) is 0.125. The van der Waals surface area contributed by atoms with E-state index in [4.69, 9.17) is 41.2 Å². The molecule has 1 heterocycles. The molecule has 0 bridgehead atoms. The van der Waals surface area contributed by atoms with Gasteiger partial charge in [0.2, 0.25) is 0 Å². The van der Waals surface area contributed by atoms with Gasteiger partial charge in [-0.1, -0.05) is 59.6 Å². The number of thiocarbonyl (C=S) groups is 1. The molecule has 0 aliphatic carbocycles. The molecule has 2 N–H and O–H groups in total. The second-order valence-electron chi connectivity index (χ2n) is 4.95. The van der Waals surface area contributed by atoms with Crippen LogP contribution < -0.4 is 5.73 Å². The van der Waals surface area contributed by atoms with Gasteiger partial charge in [-0.15, -0.1) is 0 Å². The van der Waals surface area contributed by atoms with E-state index in [2.05, 4.69) is 5.10 Å². The molecule has 2 aromatic rings. The second-order valence-corrected chi connectivity index (χ2v) is 6.18. The van der Waals surface area contributed by atoms with Gasteiger partial charge >= 0.3 is 0 Å². The van der Waals surface area contributed by atoms with Crippen molar-refractivity contribution in [2.75, 3.05) is 0 Å². The summed E-state index contributed by atoms with van der Waals surface area (Å²) < 4.78 is 0. The van der Waals surface area contributed by atoms with E-state index in [1.807, 2.05) is 36.4 Å². The Morgan fingerprint density at radius 3 is 2.32 bits per heavy atom. The van der Waals surface area contributed by atoms with Gasteiger partial charge in [-0.2, -0.15) is 5.10 Å². The van der Waals surface area contributed by atoms with Crippen molar-refractivity contribution in [2.24, 2.45) is 10.8 Å². The van der Waals surface area contributed by atoms with Crippen molar-refractivity contribution in [1.29, 1.82) is 0 Å². The van der Waals surface area contributed by atoms with Gasteiger partial charge in [0, 0.05) is 22.0 Å². The summed E-state index contributed by atoms with van der Waals surface area (Å²) in [6, 6.07) is 15.2. The minimum absolute atomic E-state index is 0.186. The van der Waals surface area contributed by atoms with E-state index in [0.29, 0.717) is 16.5 Å². The summed E-state index contributed by atoms with van der Waals surface area (Å²) >= 11 is 17.8. The molecule has 3 rings (SSSR count). The first-order valence-corrected chi connectivity index (χ1v) is 7.90. The zero-order chi connectivity index (χ0) is 15.7. The lowest BCUT2D eigenvalue weighted by molar-refractivity contribution is 0.373. The quantitative estimate of drug-likeness (QED) is 0.817. The summed E-state index contributed by atoms with van der Waals surface area (Å²) in [4.78, 5) is 0. The molecule has 112 valence electrons. The molecule has 0 radical (unpaired) electrons. The first kappa shape index (κ1) is 15.3. The van der Waals surface area contributed by atoms with E-state index in [0.717, 1.165) is 16.8 Å². The van der Waals surface area contributed by atoms with Crippen LogP contribution in [0.5, 0.6) is 0 Å². The van der Waals surface area contributed by atoms with Crippen LogP contribution in [0.3, 0.4) is 0 Å². The molecular formula is C16H13Cl2N3S. The van der Waals surface area contributed by atoms with E-state index in [9.17, 15) is 0 Å². The van der Waals surface area contributed by atoms with Crippen molar-refractivity contribution in [3.05, 3.63) is 69.7 Å². The topological polar surface area (TPSA) is 41.6 Å². The maximum absolute atomic E-state index is 6.33. The van der Waals surface area contributed by atoms with Crippen molar-refractivity contribution < 1.29 is 0 Å². The molecule has 1 unspecified atom stereocenters. The molecule has 1 aliphatic rings. The van der Waals surface area contributed by atoms with Crippen molar-refractivity contribution in [2.45, 2.75) is 12.5 Å². The summed E-state index contributed by atoms with van der Waals surface area (Å²) in [5, 5.41) is 7.55. The van der Waals surface area contributed by atoms with Crippen LogP contribution in [-0.4, -0.2) is 15.8 Å². The molecule has 1 aliphatic heterocycles. The molecule has 2 aromatic carbocycles.